The standard InChI is InChI=1S/C106H116N4O18/c1-53(2)95(101(115)107(67-25-21-29-71(45-67)121-103(117)55(5)6)68-26-22-30-72(46-68)122-104(118)56(7)8)109-97(111)75-49-83(125-79-37-33-59(13)41-63(79)17)89-91-85(127-81-39-35-61(15)43-65(81)19)51-77-88-78(52-86(128-82-40-36-62(16)44-66(82)20)92(94(88)91)90-84(50-76(98(109)112)87(75)93(89)90)126-80-38-34-60(14)42-64(80)18)100(114)110(99(77)113)96(54(3)4)102(116)108(69-27-23-31-73(47-69)123-105(119)57(9)10)70-28-24-32-74(48-70)124-106(120)58(11)12/h33-44,49-54,67-74,95-96H,5,7,9,11,21-32,45-48H2,1-4,6,8,10,12-20H3. The molecule has 0 radical (unpaired) electrons. The van der Waals surface area contributed by atoms with Crippen LogP contribution < -0.4 is 18.9 Å². The number of hydrogen-bond acceptors (Lipinski definition) is 18. The Morgan fingerprint density at radius 2 is 0.531 bits per heavy atom. The number of hydrogen-bond donors (Lipinski definition) is 0. The molecule has 15 rings (SSSR count). The van der Waals surface area contributed by atoms with E-state index in [0.717, 1.165) is 32.1 Å². The zero-order chi connectivity index (χ0) is 91.8. The van der Waals surface area contributed by atoms with Gasteiger partial charge in [-0.15, -0.1) is 0 Å². The minimum atomic E-state index is -1.51. The number of fused-ring (bicyclic) bond motifs is 2. The molecule has 10 unspecified atom stereocenters. The van der Waals surface area contributed by atoms with Crippen molar-refractivity contribution in [1.29, 1.82) is 0 Å². The van der Waals surface area contributed by atoms with Crippen LogP contribution in [-0.4, -0.2) is 140 Å². The Balaban J connectivity index is 1.02. The minimum absolute atomic E-state index is 0.0354. The van der Waals surface area contributed by atoms with Gasteiger partial charge in [-0.1, -0.05) is 125 Å². The Labute approximate surface area is 748 Å². The van der Waals surface area contributed by atoms with E-state index in [4.69, 9.17) is 37.9 Å². The van der Waals surface area contributed by atoms with Gasteiger partial charge in [-0.3, -0.25) is 38.6 Å². The van der Waals surface area contributed by atoms with Gasteiger partial charge in [0.25, 0.3) is 23.6 Å². The van der Waals surface area contributed by atoms with Crippen LogP contribution in [0.25, 0.3) is 43.1 Å². The number of ether oxygens (including phenoxy) is 8. The molecule has 0 aromatic heterocycles. The third-order valence-electron chi connectivity index (χ3n) is 26.5. The summed E-state index contributed by atoms with van der Waals surface area (Å²) in [5.74, 6) is -6.58. The van der Waals surface area contributed by atoms with Crippen molar-refractivity contribution in [3.8, 4) is 46.0 Å². The summed E-state index contributed by atoms with van der Waals surface area (Å²) >= 11 is 0. The third kappa shape index (κ3) is 17.4. The molecule has 4 fully saturated rings. The molecule has 6 aliphatic rings. The number of aryl methyl sites for hydroxylation is 8. The van der Waals surface area contributed by atoms with Crippen LogP contribution in [0.15, 0.2) is 146 Å². The number of esters is 4. The maximum atomic E-state index is 17.3. The van der Waals surface area contributed by atoms with E-state index in [-0.39, 0.29) is 136 Å². The first-order chi connectivity index (χ1) is 60.8. The maximum Gasteiger partial charge on any atom is 0.333 e. The second-order valence-corrected chi connectivity index (χ2v) is 37.5. The Hall–Kier alpha value is -12.5. The van der Waals surface area contributed by atoms with Crippen molar-refractivity contribution in [2.75, 3.05) is 0 Å². The normalized spacial score (nSPS) is 20.4. The first kappa shape index (κ1) is 90.3. The maximum absolute atomic E-state index is 17.3. The summed E-state index contributed by atoms with van der Waals surface area (Å²) in [4.78, 5) is 162. The van der Waals surface area contributed by atoms with Crippen LogP contribution in [0, 0.1) is 67.2 Å². The molecule has 9 aromatic rings. The van der Waals surface area contributed by atoms with Gasteiger partial charge >= 0.3 is 23.9 Å². The first-order valence-corrected chi connectivity index (χ1v) is 45.1. The number of amides is 6. The lowest BCUT2D eigenvalue weighted by atomic mass is 9.79. The number of rotatable bonds is 26. The minimum Gasteiger partial charge on any atom is -0.459 e. The molecular weight excluding hydrogens is 1620 g/mol. The summed E-state index contributed by atoms with van der Waals surface area (Å²) in [6.45, 7) is 44.3. The molecule has 128 heavy (non-hydrogen) atoms. The largest absolute Gasteiger partial charge is 0.459 e. The van der Waals surface area contributed by atoms with Crippen LogP contribution in [0.1, 0.15) is 244 Å². The fourth-order valence-corrected chi connectivity index (χ4v) is 20.4. The van der Waals surface area contributed by atoms with E-state index in [1.54, 1.807) is 89.5 Å². The molecular formula is C106H116N4O18. The van der Waals surface area contributed by atoms with Gasteiger partial charge in [0.1, 0.15) is 82.5 Å². The molecule has 668 valence electrons. The molecule has 4 saturated carbocycles. The smallest absolute Gasteiger partial charge is 0.333 e. The summed E-state index contributed by atoms with van der Waals surface area (Å²) in [5, 5.41) is 1.79. The monoisotopic (exact) mass is 1730 g/mol. The molecule has 0 N–H and O–H groups in total. The highest BCUT2D eigenvalue weighted by atomic mass is 16.6. The number of imide groups is 2. The lowest BCUT2D eigenvalue weighted by Crippen LogP contribution is -2.61. The van der Waals surface area contributed by atoms with Crippen LogP contribution in [0.3, 0.4) is 0 Å². The Morgan fingerprint density at radius 1 is 0.312 bits per heavy atom. The van der Waals surface area contributed by atoms with Crippen LogP contribution in [0.4, 0.5) is 0 Å². The fraction of sp³-hybridized carbons (Fsp3) is 0.415. The Kier molecular flexibility index (Phi) is 25.7. The van der Waals surface area contributed by atoms with Crippen LogP contribution in [0.5, 0.6) is 46.0 Å². The lowest BCUT2D eigenvalue weighted by Gasteiger charge is -2.47. The molecule has 6 amide bonds. The Bertz CT molecular complexity index is 5470. The van der Waals surface area contributed by atoms with Gasteiger partial charge in [-0.2, -0.15) is 0 Å². The molecule has 22 nitrogen and oxygen atoms in total. The van der Waals surface area contributed by atoms with Gasteiger partial charge in [0.05, 0.1) is 22.3 Å². The van der Waals surface area contributed by atoms with E-state index in [0.29, 0.717) is 122 Å². The molecule has 22 heteroatoms. The molecule has 0 spiro atoms. The van der Waals surface area contributed by atoms with Crippen molar-refractivity contribution in [1.82, 2.24) is 19.6 Å². The summed E-state index contributed by atoms with van der Waals surface area (Å²) in [5.41, 5.74) is 7.18. The summed E-state index contributed by atoms with van der Waals surface area (Å²) in [6, 6.07) is 23.8. The second-order valence-electron chi connectivity index (χ2n) is 37.5. The van der Waals surface area contributed by atoms with Crippen molar-refractivity contribution in [3.05, 3.63) is 212 Å². The van der Waals surface area contributed by atoms with Crippen molar-refractivity contribution in [2.45, 2.75) is 274 Å². The van der Waals surface area contributed by atoms with E-state index in [2.05, 4.69) is 26.3 Å². The van der Waals surface area contributed by atoms with Crippen molar-refractivity contribution >= 4 is 102 Å². The van der Waals surface area contributed by atoms with E-state index < -0.39 is 132 Å². The van der Waals surface area contributed by atoms with E-state index in [1.807, 2.05) is 128 Å². The molecule has 9 aromatic carbocycles. The third-order valence-corrected chi connectivity index (χ3v) is 26.5. The van der Waals surface area contributed by atoms with Crippen LogP contribution in [-0.2, 0) is 47.7 Å². The van der Waals surface area contributed by atoms with Gasteiger partial charge in [0.15, 0.2) is 0 Å². The van der Waals surface area contributed by atoms with E-state index in [9.17, 15) is 19.2 Å². The van der Waals surface area contributed by atoms with E-state index in [1.165, 1.54) is 0 Å². The van der Waals surface area contributed by atoms with Crippen LogP contribution >= 0.6 is 0 Å². The predicted molar refractivity (Wildman–Crippen MR) is 491 cm³/mol. The summed E-state index contributed by atoms with van der Waals surface area (Å²) in [7, 11) is 0. The Morgan fingerprint density at radius 3 is 0.727 bits per heavy atom. The van der Waals surface area contributed by atoms with Crippen molar-refractivity contribution in [3.63, 3.8) is 0 Å². The number of benzene rings is 9. The molecule has 10 atom stereocenters. The highest BCUT2D eigenvalue weighted by Crippen LogP contribution is 2.59. The summed E-state index contributed by atoms with van der Waals surface area (Å²) < 4.78 is 54.5. The lowest BCUT2D eigenvalue weighted by molar-refractivity contribution is -0.155. The van der Waals surface area contributed by atoms with E-state index >= 15 is 28.8 Å². The van der Waals surface area contributed by atoms with Crippen molar-refractivity contribution < 1.29 is 85.8 Å². The van der Waals surface area contributed by atoms with Gasteiger partial charge in [0, 0.05) is 115 Å². The number of carbonyl (C=O) groups is 10. The average Bonchev–Trinajstić information content (AvgIpc) is 0.668. The predicted octanol–water partition coefficient (Wildman–Crippen LogP) is 22.0. The molecule has 2 aliphatic heterocycles. The van der Waals surface area contributed by atoms with Crippen LogP contribution in [0.2, 0.25) is 0 Å². The second kappa shape index (κ2) is 36.4. The summed E-state index contributed by atoms with van der Waals surface area (Å²) in [6.07, 6.45) is 4.67. The topological polar surface area (TPSA) is 258 Å². The van der Waals surface area contributed by atoms with Gasteiger partial charge in [-0.25, -0.2) is 19.2 Å². The molecule has 0 bridgehead atoms. The number of carbonyl (C=O) groups excluding carboxylic acids is 10. The first-order valence-electron chi connectivity index (χ1n) is 45.1. The highest BCUT2D eigenvalue weighted by Gasteiger charge is 2.52. The van der Waals surface area contributed by atoms with Gasteiger partial charge in [-0.05, 0) is 243 Å². The average molecular weight is 1730 g/mol. The molecule has 2 heterocycles. The zero-order valence-electron chi connectivity index (χ0n) is 76.4. The number of nitrogens with zero attached hydrogens (tertiary/aromatic N) is 4. The van der Waals surface area contributed by atoms with Crippen molar-refractivity contribution in [2.24, 2.45) is 11.8 Å². The SMILES string of the molecule is C=C(C)C(=O)OC1CCCC(N(C(=O)C(C(C)C)N2C(=O)c3cc(Oc4ccc(C)cc4C)c4c5c(Oc6ccc(C)cc6C)cc6c7c(cc(Oc8ccc(C)cc8C)c(c8c(Oc9ccc(C)cc9C)cc(c3c48)C2=O)c75)C(=O)N(C(C(=O)N(C2CCCC(OC(=O)C(=C)C)C2)C2CCCC(OC(=O)C(=C)C)C2)C(C)C)C6=O)C2CCCC(OC(=O)C(=C)C)C2)C1. The fourth-order valence-electron chi connectivity index (χ4n) is 20.4. The molecule has 0 saturated heterocycles. The molecule has 4 aliphatic carbocycles. The zero-order valence-corrected chi connectivity index (χ0v) is 76.4. The highest BCUT2D eigenvalue weighted by molar-refractivity contribution is 6.45. The van der Waals surface area contributed by atoms with Gasteiger partial charge in [0.2, 0.25) is 11.8 Å². The quantitative estimate of drug-likeness (QED) is 0.0122. The van der Waals surface area contributed by atoms with Gasteiger partial charge < -0.3 is 47.7 Å².